The molecule has 3 nitrogen and oxygen atoms in total. The van der Waals surface area contributed by atoms with Crippen LogP contribution >= 0.6 is 11.8 Å². The Balaban J connectivity index is 2.52. The van der Waals surface area contributed by atoms with Crippen LogP contribution in [-0.2, 0) is 9.84 Å². The highest BCUT2D eigenvalue weighted by atomic mass is 32.2. The molecule has 1 N–H and O–H groups in total. The largest absolute Gasteiger partial charge is 0.441 e. The molecule has 0 spiro atoms. The third-order valence-electron chi connectivity index (χ3n) is 3.48. The fourth-order valence-corrected chi connectivity index (χ4v) is 4.98. The number of nitrogens with one attached hydrogen (secondary N) is 1. The number of sulfone groups is 1. The van der Waals surface area contributed by atoms with Gasteiger partial charge in [0.15, 0.2) is 9.84 Å². The Bertz CT molecular complexity index is 396. The summed E-state index contributed by atoms with van der Waals surface area (Å²) < 4.78 is 59.5. The Kier molecular flexibility index (Phi) is 6.66. The van der Waals surface area contributed by atoms with Gasteiger partial charge in [-0.05, 0) is 31.2 Å². The average molecular weight is 333 g/mol. The summed E-state index contributed by atoms with van der Waals surface area (Å²) in [5.74, 6) is 0.255. The van der Waals surface area contributed by atoms with Crippen LogP contribution in [0.2, 0.25) is 0 Å². The second kappa shape index (κ2) is 7.35. The number of hydrogen-bond acceptors (Lipinski definition) is 4. The van der Waals surface area contributed by atoms with E-state index < -0.39 is 15.3 Å². The maximum Gasteiger partial charge on any atom is 0.441 e. The fourth-order valence-electron chi connectivity index (χ4n) is 2.41. The lowest BCUT2D eigenvalue weighted by Gasteiger charge is -2.24. The molecule has 1 rings (SSSR count). The van der Waals surface area contributed by atoms with E-state index in [1.54, 1.807) is 0 Å². The Morgan fingerprint density at radius 3 is 2.45 bits per heavy atom. The van der Waals surface area contributed by atoms with Gasteiger partial charge in [0, 0.05) is 11.8 Å². The van der Waals surface area contributed by atoms with Crippen molar-refractivity contribution in [2.45, 2.75) is 38.2 Å². The van der Waals surface area contributed by atoms with E-state index in [0.29, 0.717) is 19.4 Å². The molecule has 0 bridgehead atoms. The van der Waals surface area contributed by atoms with Gasteiger partial charge < -0.3 is 5.32 Å². The second-order valence-electron chi connectivity index (χ2n) is 5.57. The van der Waals surface area contributed by atoms with Gasteiger partial charge in [0.05, 0.1) is 11.5 Å². The van der Waals surface area contributed by atoms with E-state index in [4.69, 9.17) is 0 Å². The summed E-state index contributed by atoms with van der Waals surface area (Å²) in [7, 11) is -2.99. The van der Waals surface area contributed by atoms with Crippen LogP contribution in [0.15, 0.2) is 0 Å². The highest BCUT2D eigenvalue weighted by Gasteiger charge is 2.34. The van der Waals surface area contributed by atoms with Crippen LogP contribution in [0.3, 0.4) is 0 Å². The number of alkyl halides is 3. The molecule has 120 valence electrons. The van der Waals surface area contributed by atoms with Crippen molar-refractivity contribution in [1.82, 2.24) is 5.32 Å². The number of hydrogen-bond donors (Lipinski definition) is 1. The zero-order valence-electron chi connectivity index (χ0n) is 11.7. The molecule has 1 aliphatic heterocycles. The second-order valence-corrected chi connectivity index (χ2v) is 8.96. The topological polar surface area (TPSA) is 46.2 Å². The molecular weight excluding hydrogens is 311 g/mol. The number of halogens is 3. The van der Waals surface area contributed by atoms with Crippen molar-refractivity contribution in [3.63, 3.8) is 0 Å². The Morgan fingerprint density at radius 2 is 2.00 bits per heavy atom. The maximum atomic E-state index is 12.2. The monoisotopic (exact) mass is 333 g/mol. The third-order valence-corrected chi connectivity index (χ3v) is 6.04. The predicted molar refractivity (Wildman–Crippen MR) is 76.5 cm³/mol. The van der Waals surface area contributed by atoms with Crippen molar-refractivity contribution in [2.24, 2.45) is 11.8 Å². The lowest BCUT2D eigenvalue weighted by molar-refractivity contribution is -0.0328. The van der Waals surface area contributed by atoms with Crippen molar-refractivity contribution in [3.05, 3.63) is 0 Å². The van der Waals surface area contributed by atoms with Gasteiger partial charge in [-0.25, -0.2) is 8.42 Å². The van der Waals surface area contributed by atoms with E-state index in [9.17, 15) is 21.6 Å². The van der Waals surface area contributed by atoms with Gasteiger partial charge in [0.25, 0.3) is 0 Å². The fraction of sp³-hybridized carbons (Fsp3) is 1.00. The van der Waals surface area contributed by atoms with Crippen molar-refractivity contribution in [3.8, 4) is 0 Å². The summed E-state index contributed by atoms with van der Waals surface area (Å²) in [5.41, 5.74) is -4.21. The molecule has 0 radical (unpaired) electrons. The quantitative estimate of drug-likeness (QED) is 0.778. The normalized spacial score (nSPS) is 24.2. The summed E-state index contributed by atoms with van der Waals surface area (Å²) in [6, 6.07) is 0.241. The van der Waals surface area contributed by atoms with Crippen LogP contribution in [-0.4, -0.2) is 43.8 Å². The molecule has 0 aromatic heterocycles. The Hall–Kier alpha value is 0.0500. The number of rotatable bonds is 7. The van der Waals surface area contributed by atoms with Crippen molar-refractivity contribution in [2.75, 3.05) is 23.8 Å². The first-order chi connectivity index (χ1) is 9.09. The zero-order valence-corrected chi connectivity index (χ0v) is 13.4. The molecule has 2 atom stereocenters. The van der Waals surface area contributed by atoms with Crippen molar-refractivity contribution >= 4 is 21.6 Å². The summed E-state index contributed by atoms with van der Waals surface area (Å²) >= 11 is -0.0224. The van der Waals surface area contributed by atoms with Crippen molar-refractivity contribution in [1.29, 1.82) is 0 Å². The van der Waals surface area contributed by atoms with Gasteiger partial charge in [-0.1, -0.05) is 25.6 Å². The van der Waals surface area contributed by atoms with Gasteiger partial charge in [-0.3, -0.25) is 0 Å². The van der Waals surface area contributed by atoms with Crippen LogP contribution in [0.4, 0.5) is 13.2 Å². The first kappa shape index (κ1) is 18.1. The molecule has 1 fully saturated rings. The summed E-state index contributed by atoms with van der Waals surface area (Å²) in [6.45, 7) is 4.51. The van der Waals surface area contributed by atoms with Gasteiger partial charge in [0.1, 0.15) is 0 Å². The first-order valence-corrected chi connectivity index (χ1v) is 9.54. The van der Waals surface area contributed by atoms with E-state index in [2.05, 4.69) is 5.32 Å². The lowest BCUT2D eigenvalue weighted by Crippen LogP contribution is -2.33. The van der Waals surface area contributed by atoms with Gasteiger partial charge >= 0.3 is 5.51 Å². The molecule has 2 unspecified atom stereocenters. The summed E-state index contributed by atoms with van der Waals surface area (Å²) in [6.07, 6.45) is 0.966. The van der Waals surface area contributed by atoms with Gasteiger partial charge in [-0.15, -0.1) is 0 Å². The number of thioether (sulfide) groups is 1. The van der Waals surface area contributed by atoms with E-state index in [-0.39, 0.29) is 46.9 Å². The molecular formula is C12H22F3NO2S2. The van der Waals surface area contributed by atoms with E-state index in [0.717, 1.165) is 0 Å². The SMILES string of the molecule is CC(C)NCC(CCSC(F)(F)F)C1CCS(=O)(=O)C1. The Labute approximate surface area is 123 Å². The van der Waals surface area contributed by atoms with Crippen LogP contribution < -0.4 is 5.32 Å². The first-order valence-electron chi connectivity index (χ1n) is 6.73. The van der Waals surface area contributed by atoms with Gasteiger partial charge in [0.2, 0.25) is 0 Å². The molecule has 20 heavy (non-hydrogen) atoms. The molecule has 1 heterocycles. The Morgan fingerprint density at radius 1 is 1.35 bits per heavy atom. The summed E-state index contributed by atoms with van der Waals surface area (Å²) in [5, 5.41) is 3.21. The standard InChI is InChI=1S/C12H22F3NO2S2/c1-9(2)16-7-10(3-5-19-12(13,14)15)11-4-6-20(17,18)8-11/h9-11,16H,3-8H2,1-2H3. The van der Waals surface area contributed by atoms with Crippen LogP contribution in [0.5, 0.6) is 0 Å². The minimum Gasteiger partial charge on any atom is -0.314 e. The third kappa shape index (κ3) is 7.17. The molecule has 1 aliphatic rings. The highest BCUT2D eigenvalue weighted by molar-refractivity contribution is 8.00. The zero-order chi connectivity index (χ0) is 15.4. The minimum absolute atomic E-state index is 0.00943. The molecule has 8 heteroatoms. The van der Waals surface area contributed by atoms with E-state index in [1.165, 1.54) is 0 Å². The predicted octanol–water partition coefficient (Wildman–Crippen LogP) is 2.68. The molecule has 1 saturated heterocycles. The van der Waals surface area contributed by atoms with Crippen molar-refractivity contribution < 1.29 is 21.6 Å². The molecule has 0 aromatic carbocycles. The average Bonchev–Trinajstić information content (AvgIpc) is 2.62. The molecule has 0 saturated carbocycles. The molecule has 0 aromatic rings. The lowest BCUT2D eigenvalue weighted by atomic mass is 9.89. The van der Waals surface area contributed by atoms with E-state index in [1.807, 2.05) is 13.8 Å². The highest BCUT2D eigenvalue weighted by Crippen LogP contribution is 2.34. The molecule has 0 amide bonds. The van der Waals surface area contributed by atoms with Crippen LogP contribution in [0.1, 0.15) is 26.7 Å². The summed E-state index contributed by atoms with van der Waals surface area (Å²) in [4.78, 5) is 0. The van der Waals surface area contributed by atoms with Crippen LogP contribution in [0.25, 0.3) is 0 Å². The van der Waals surface area contributed by atoms with Crippen LogP contribution in [0, 0.1) is 11.8 Å². The minimum atomic E-state index is -4.21. The van der Waals surface area contributed by atoms with E-state index >= 15 is 0 Å². The van der Waals surface area contributed by atoms with Gasteiger partial charge in [-0.2, -0.15) is 13.2 Å². The smallest absolute Gasteiger partial charge is 0.314 e. The maximum absolute atomic E-state index is 12.2. The molecule has 0 aliphatic carbocycles.